The van der Waals surface area contributed by atoms with E-state index in [9.17, 15) is 19.7 Å². The minimum absolute atomic E-state index is 0.297. The Morgan fingerprint density at radius 3 is 2.38 bits per heavy atom. The van der Waals surface area contributed by atoms with Crippen LogP contribution in [0.1, 0.15) is 6.42 Å². The molecule has 0 spiro atoms. The van der Waals surface area contributed by atoms with Gasteiger partial charge >= 0.3 is 11.9 Å². The maximum Gasteiger partial charge on any atom is 0.324 e. The third-order valence-corrected chi connectivity index (χ3v) is 3.62. The SMILES string of the molecule is N[C@]1(C(=O)O)C[C@H]([N+](=O)[O-])[C@@H]2[C@@H](C(=O)O)[C@H]21. The maximum atomic E-state index is 11.0. The maximum absolute atomic E-state index is 11.0. The number of fused-ring (bicyclic) bond motifs is 1. The van der Waals surface area contributed by atoms with Gasteiger partial charge in [-0.25, -0.2) is 0 Å². The van der Waals surface area contributed by atoms with Gasteiger partial charge in [-0.3, -0.25) is 19.7 Å². The zero-order chi connectivity index (χ0) is 12.2. The molecule has 2 fully saturated rings. The van der Waals surface area contributed by atoms with E-state index < -0.39 is 46.2 Å². The molecule has 0 saturated heterocycles. The van der Waals surface area contributed by atoms with Gasteiger partial charge in [-0.15, -0.1) is 0 Å². The monoisotopic (exact) mass is 230 g/mol. The Labute approximate surface area is 89.2 Å². The molecule has 0 aromatic carbocycles. The summed E-state index contributed by atoms with van der Waals surface area (Å²) in [4.78, 5) is 31.8. The third kappa shape index (κ3) is 1.13. The average Bonchev–Trinajstić information content (AvgIpc) is 2.81. The molecule has 0 bridgehead atoms. The molecule has 4 N–H and O–H groups in total. The van der Waals surface area contributed by atoms with Crippen LogP contribution in [0.5, 0.6) is 0 Å². The van der Waals surface area contributed by atoms with Gasteiger partial charge in [0.15, 0.2) is 0 Å². The Bertz CT molecular complexity index is 396. The summed E-state index contributed by atoms with van der Waals surface area (Å²) in [7, 11) is 0. The number of nitrogens with zero attached hydrogens (tertiary/aromatic N) is 1. The van der Waals surface area contributed by atoms with Crippen LogP contribution in [0.4, 0.5) is 0 Å². The molecule has 0 aromatic rings. The van der Waals surface area contributed by atoms with Crippen LogP contribution >= 0.6 is 0 Å². The molecule has 88 valence electrons. The van der Waals surface area contributed by atoms with Gasteiger partial charge in [-0.2, -0.15) is 0 Å². The summed E-state index contributed by atoms with van der Waals surface area (Å²) in [5.74, 6) is -5.13. The number of carboxylic acids is 2. The van der Waals surface area contributed by atoms with E-state index in [0.717, 1.165) is 0 Å². The fourth-order valence-corrected chi connectivity index (χ4v) is 2.86. The zero-order valence-corrected chi connectivity index (χ0v) is 8.07. The fraction of sp³-hybridized carbons (Fsp3) is 0.750. The van der Waals surface area contributed by atoms with Crippen LogP contribution in [-0.4, -0.2) is 38.7 Å². The molecular weight excluding hydrogens is 220 g/mol. The van der Waals surface area contributed by atoms with Gasteiger partial charge in [-0.1, -0.05) is 0 Å². The van der Waals surface area contributed by atoms with E-state index in [0.29, 0.717) is 0 Å². The molecule has 0 aliphatic heterocycles. The third-order valence-electron chi connectivity index (χ3n) is 3.62. The van der Waals surface area contributed by atoms with Crippen molar-refractivity contribution in [3.8, 4) is 0 Å². The number of carboxylic acid groups (broad SMARTS) is 2. The van der Waals surface area contributed by atoms with Crippen molar-refractivity contribution in [1.29, 1.82) is 0 Å². The van der Waals surface area contributed by atoms with E-state index in [4.69, 9.17) is 15.9 Å². The van der Waals surface area contributed by atoms with Gasteiger partial charge in [0.25, 0.3) is 0 Å². The highest BCUT2D eigenvalue weighted by atomic mass is 16.6. The van der Waals surface area contributed by atoms with Gasteiger partial charge in [-0.05, 0) is 0 Å². The smallest absolute Gasteiger partial charge is 0.324 e. The molecule has 2 rings (SSSR count). The lowest BCUT2D eigenvalue weighted by Gasteiger charge is -2.21. The van der Waals surface area contributed by atoms with Gasteiger partial charge in [0.2, 0.25) is 6.04 Å². The van der Waals surface area contributed by atoms with Crippen molar-refractivity contribution in [2.24, 2.45) is 23.5 Å². The number of nitro groups is 1. The highest BCUT2D eigenvalue weighted by Crippen LogP contribution is 2.62. The second kappa shape index (κ2) is 2.91. The van der Waals surface area contributed by atoms with Crippen molar-refractivity contribution in [2.45, 2.75) is 18.0 Å². The Morgan fingerprint density at radius 2 is 2.00 bits per heavy atom. The minimum atomic E-state index is -1.77. The van der Waals surface area contributed by atoms with E-state index in [1.807, 2.05) is 0 Å². The van der Waals surface area contributed by atoms with Gasteiger partial charge in [0, 0.05) is 23.2 Å². The van der Waals surface area contributed by atoms with E-state index in [-0.39, 0.29) is 6.42 Å². The normalized spacial score (nSPS) is 44.8. The molecule has 8 nitrogen and oxygen atoms in total. The highest BCUT2D eigenvalue weighted by molar-refractivity contribution is 5.85. The van der Waals surface area contributed by atoms with Gasteiger partial charge in [0.1, 0.15) is 5.54 Å². The van der Waals surface area contributed by atoms with Crippen LogP contribution in [0.15, 0.2) is 0 Å². The predicted molar refractivity (Wildman–Crippen MR) is 48.1 cm³/mol. The summed E-state index contributed by atoms with van der Waals surface area (Å²) in [5, 5.41) is 28.4. The van der Waals surface area contributed by atoms with Crippen molar-refractivity contribution < 1.29 is 24.7 Å². The first kappa shape index (κ1) is 10.8. The molecule has 16 heavy (non-hydrogen) atoms. The van der Waals surface area contributed by atoms with Gasteiger partial charge < -0.3 is 15.9 Å². The van der Waals surface area contributed by atoms with Crippen molar-refractivity contribution in [2.75, 3.05) is 0 Å². The van der Waals surface area contributed by atoms with E-state index >= 15 is 0 Å². The van der Waals surface area contributed by atoms with Gasteiger partial charge in [0.05, 0.1) is 5.92 Å². The molecule has 8 heteroatoms. The van der Waals surface area contributed by atoms with E-state index in [1.165, 1.54) is 0 Å². The number of rotatable bonds is 3. The predicted octanol–water partition coefficient (Wildman–Crippen LogP) is -1.24. The van der Waals surface area contributed by atoms with E-state index in [2.05, 4.69) is 0 Å². The molecule has 0 amide bonds. The van der Waals surface area contributed by atoms with Crippen molar-refractivity contribution >= 4 is 11.9 Å². The second-order valence-corrected chi connectivity index (χ2v) is 4.37. The van der Waals surface area contributed by atoms with Crippen LogP contribution in [0.25, 0.3) is 0 Å². The van der Waals surface area contributed by atoms with E-state index in [1.54, 1.807) is 0 Å². The molecular formula is C8H10N2O6. The summed E-state index contributed by atoms with van der Waals surface area (Å²) < 4.78 is 0. The lowest BCUT2D eigenvalue weighted by molar-refractivity contribution is -0.526. The molecule has 2 aliphatic carbocycles. The number of carbonyl (C=O) groups is 2. The first-order valence-electron chi connectivity index (χ1n) is 4.69. The largest absolute Gasteiger partial charge is 0.481 e. The number of hydrogen-bond acceptors (Lipinski definition) is 5. The summed E-state index contributed by atoms with van der Waals surface area (Å²) in [6.07, 6.45) is -0.297. The van der Waals surface area contributed by atoms with Crippen LogP contribution < -0.4 is 5.73 Å². The molecule has 2 aliphatic rings. The van der Waals surface area contributed by atoms with Crippen LogP contribution in [-0.2, 0) is 9.59 Å². The Morgan fingerprint density at radius 1 is 1.44 bits per heavy atom. The first-order chi connectivity index (χ1) is 7.30. The molecule has 5 atom stereocenters. The Kier molecular flexibility index (Phi) is 1.96. The quantitative estimate of drug-likeness (QED) is 0.406. The number of nitrogens with two attached hydrogens (primary N) is 1. The Hall–Kier alpha value is -1.70. The van der Waals surface area contributed by atoms with Crippen LogP contribution in [0.2, 0.25) is 0 Å². The lowest BCUT2D eigenvalue weighted by Crippen LogP contribution is -2.51. The van der Waals surface area contributed by atoms with Crippen molar-refractivity contribution in [3.05, 3.63) is 10.1 Å². The Balaban J connectivity index is 2.32. The molecule has 2 saturated carbocycles. The van der Waals surface area contributed by atoms with Crippen LogP contribution in [0.3, 0.4) is 0 Å². The minimum Gasteiger partial charge on any atom is -0.481 e. The lowest BCUT2D eigenvalue weighted by atomic mass is 9.90. The van der Waals surface area contributed by atoms with Crippen molar-refractivity contribution in [1.82, 2.24) is 0 Å². The standard InChI is InChI=1S/C8H10N2O6/c9-8(7(13)14)1-2(10(15)16)3-4(5(3)8)6(11)12/h2-5H,1,9H2,(H,11,12)(H,13,14)/t2-,3+,4+,5-,8+/m0/s1. The number of aliphatic carboxylic acids is 2. The topological polar surface area (TPSA) is 144 Å². The highest BCUT2D eigenvalue weighted by Gasteiger charge is 2.77. The molecule has 0 radical (unpaired) electrons. The average molecular weight is 230 g/mol. The zero-order valence-electron chi connectivity index (χ0n) is 8.07. The van der Waals surface area contributed by atoms with Crippen molar-refractivity contribution in [3.63, 3.8) is 0 Å². The molecule has 0 heterocycles. The molecule has 0 aromatic heterocycles. The fourth-order valence-electron chi connectivity index (χ4n) is 2.86. The molecule has 0 unspecified atom stereocenters. The summed E-state index contributed by atoms with van der Waals surface area (Å²) in [5.41, 5.74) is 3.80. The second-order valence-electron chi connectivity index (χ2n) is 4.37. The van der Waals surface area contributed by atoms with Crippen LogP contribution in [0, 0.1) is 27.9 Å². The first-order valence-corrected chi connectivity index (χ1v) is 4.69. The number of hydrogen-bond donors (Lipinski definition) is 3. The summed E-state index contributed by atoms with van der Waals surface area (Å²) in [6.45, 7) is 0. The summed E-state index contributed by atoms with van der Waals surface area (Å²) in [6, 6.07) is -1.16. The summed E-state index contributed by atoms with van der Waals surface area (Å²) >= 11 is 0.